The molecule has 1 aliphatic heterocycles. The molecule has 2 nitrogen and oxygen atoms in total. The molecule has 1 N–H and O–H groups in total. The zero-order chi connectivity index (χ0) is 14.0. The van der Waals surface area contributed by atoms with Crippen molar-refractivity contribution in [2.75, 3.05) is 30.8 Å². The maximum atomic E-state index is 14.3. The zero-order valence-corrected chi connectivity index (χ0v) is 13.0. The Morgan fingerprint density at radius 2 is 2.16 bits per heavy atom. The van der Waals surface area contributed by atoms with E-state index in [1.54, 1.807) is 12.1 Å². The minimum absolute atomic E-state index is 0.109. The number of hydrogen-bond acceptors (Lipinski definition) is 3. The fraction of sp³-hybridized carbons (Fsp3) is 0.600. The maximum absolute atomic E-state index is 14.3. The number of hydrogen-bond donors (Lipinski definition) is 1. The first-order valence-electron chi connectivity index (χ1n) is 6.79. The smallest absolute Gasteiger partial charge is 0.146 e. The Labute approximate surface area is 119 Å². The quantitative estimate of drug-likeness (QED) is 0.914. The number of anilines is 1. The third kappa shape index (κ3) is 3.23. The Hall–Kier alpha value is -0.740. The molecule has 106 valence electrons. The molecule has 1 saturated heterocycles. The molecule has 2 rings (SSSR count). The highest BCUT2D eigenvalue weighted by molar-refractivity contribution is 8.00. The van der Waals surface area contributed by atoms with Crippen LogP contribution in [0.4, 0.5) is 10.1 Å². The highest BCUT2D eigenvalue weighted by atomic mass is 32.2. The number of nitrogens with one attached hydrogen (secondary N) is 1. The third-order valence-electron chi connectivity index (χ3n) is 3.66. The monoisotopic (exact) mass is 282 g/mol. The third-order valence-corrected chi connectivity index (χ3v) is 4.96. The SMILES string of the molecule is CNC(C)c1cccc(F)c1N1CCSC(C)(C)C1. The van der Waals surface area contributed by atoms with Gasteiger partial charge in [-0.3, -0.25) is 0 Å². The number of benzene rings is 1. The lowest BCUT2D eigenvalue weighted by atomic mass is 10.0. The first-order chi connectivity index (χ1) is 8.94. The van der Waals surface area contributed by atoms with Crippen LogP contribution in [0.1, 0.15) is 32.4 Å². The summed E-state index contributed by atoms with van der Waals surface area (Å²) >= 11 is 1.96. The van der Waals surface area contributed by atoms with Gasteiger partial charge in [0.05, 0.1) is 5.69 Å². The van der Waals surface area contributed by atoms with E-state index in [0.717, 1.165) is 30.1 Å². The summed E-state index contributed by atoms with van der Waals surface area (Å²) in [6.07, 6.45) is 0. The Bertz CT molecular complexity index is 448. The number of para-hydroxylation sites is 1. The molecule has 1 aliphatic rings. The minimum atomic E-state index is -0.109. The summed E-state index contributed by atoms with van der Waals surface area (Å²) in [4.78, 5) is 2.20. The van der Waals surface area contributed by atoms with Crippen molar-refractivity contribution in [1.29, 1.82) is 0 Å². The number of rotatable bonds is 3. The van der Waals surface area contributed by atoms with Crippen LogP contribution in [0, 0.1) is 5.82 Å². The lowest BCUT2D eigenvalue weighted by Crippen LogP contribution is -2.44. The molecular weight excluding hydrogens is 259 g/mol. The van der Waals surface area contributed by atoms with Crippen LogP contribution in [-0.2, 0) is 0 Å². The van der Waals surface area contributed by atoms with Crippen LogP contribution in [0.2, 0.25) is 0 Å². The molecule has 0 bridgehead atoms. The summed E-state index contributed by atoms with van der Waals surface area (Å²) in [5.41, 5.74) is 1.82. The summed E-state index contributed by atoms with van der Waals surface area (Å²) in [6.45, 7) is 8.33. The average Bonchev–Trinajstić information content (AvgIpc) is 2.36. The lowest BCUT2D eigenvalue weighted by molar-refractivity contribution is 0.580. The van der Waals surface area contributed by atoms with E-state index in [4.69, 9.17) is 0 Å². The number of halogens is 1. The van der Waals surface area contributed by atoms with Crippen LogP contribution < -0.4 is 10.2 Å². The van der Waals surface area contributed by atoms with Crippen molar-refractivity contribution in [3.8, 4) is 0 Å². The van der Waals surface area contributed by atoms with Gasteiger partial charge in [-0.15, -0.1) is 0 Å². The van der Waals surface area contributed by atoms with Gasteiger partial charge in [0.15, 0.2) is 0 Å². The first kappa shape index (κ1) is 14.7. The summed E-state index contributed by atoms with van der Waals surface area (Å²) in [5.74, 6) is 0.941. The topological polar surface area (TPSA) is 15.3 Å². The fourth-order valence-corrected chi connectivity index (χ4v) is 3.69. The molecule has 0 aliphatic carbocycles. The molecule has 0 aromatic heterocycles. The normalized spacial score (nSPS) is 20.4. The molecule has 0 spiro atoms. The van der Waals surface area contributed by atoms with Crippen molar-refractivity contribution in [1.82, 2.24) is 5.32 Å². The Balaban J connectivity index is 2.37. The van der Waals surface area contributed by atoms with Gasteiger partial charge in [-0.25, -0.2) is 4.39 Å². The van der Waals surface area contributed by atoms with E-state index in [2.05, 4.69) is 31.0 Å². The van der Waals surface area contributed by atoms with Crippen molar-refractivity contribution in [2.24, 2.45) is 0 Å². The second kappa shape index (κ2) is 5.71. The van der Waals surface area contributed by atoms with Crippen LogP contribution >= 0.6 is 11.8 Å². The standard InChI is InChI=1S/C15H23FN2S/c1-11(17-4)12-6-5-7-13(16)14(12)18-8-9-19-15(2,3)10-18/h5-7,11,17H,8-10H2,1-4H3. The van der Waals surface area contributed by atoms with Crippen LogP contribution in [0.3, 0.4) is 0 Å². The Morgan fingerprint density at radius 1 is 1.42 bits per heavy atom. The molecule has 1 heterocycles. The maximum Gasteiger partial charge on any atom is 0.146 e. The first-order valence-corrected chi connectivity index (χ1v) is 7.78. The molecular formula is C15H23FN2S. The molecule has 1 aromatic carbocycles. The van der Waals surface area contributed by atoms with E-state index in [1.807, 2.05) is 24.9 Å². The predicted octanol–water partition coefficient (Wildman–Crippen LogP) is 3.44. The molecule has 1 atom stereocenters. The minimum Gasteiger partial charge on any atom is -0.367 e. The van der Waals surface area contributed by atoms with Crippen LogP contribution in [-0.4, -0.2) is 30.6 Å². The van der Waals surface area contributed by atoms with Crippen molar-refractivity contribution in [3.63, 3.8) is 0 Å². The van der Waals surface area contributed by atoms with Gasteiger partial charge in [-0.05, 0) is 39.4 Å². The fourth-order valence-electron chi connectivity index (χ4n) is 2.58. The molecule has 1 fully saturated rings. The number of thioether (sulfide) groups is 1. The zero-order valence-electron chi connectivity index (χ0n) is 12.2. The van der Waals surface area contributed by atoms with E-state index in [0.29, 0.717) is 0 Å². The van der Waals surface area contributed by atoms with Gasteiger partial charge < -0.3 is 10.2 Å². The van der Waals surface area contributed by atoms with Crippen LogP contribution in [0.5, 0.6) is 0 Å². The van der Waals surface area contributed by atoms with Crippen molar-refractivity contribution in [3.05, 3.63) is 29.6 Å². The molecule has 0 saturated carbocycles. The van der Waals surface area contributed by atoms with Gasteiger partial charge in [0.2, 0.25) is 0 Å². The Morgan fingerprint density at radius 3 is 2.79 bits per heavy atom. The lowest BCUT2D eigenvalue weighted by Gasteiger charge is -2.40. The van der Waals surface area contributed by atoms with Crippen molar-refractivity contribution in [2.45, 2.75) is 31.6 Å². The average molecular weight is 282 g/mol. The van der Waals surface area contributed by atoms with Gasteiger partial charge in [0.1, 0.15) is 5.82 Å². The van der Waals surface area contributed by atoms with E-state index in [9.17, 15) is 4.39 Å². The van der Waals surface area contributed by atoms with Crippen molar-refractivity contribution >= 4 is 17.4 Å². The summed E-state index contributed by atoms with van der Waals surface area (Å²) in [6, 6.07) is 5.54. The molecule has 1 unspecified atom stereocenters. The summed E-state index contributed by atoms with van der Waals surface area (Å²) in [7, 11) is 1.91. The Kier molecular flexibility index (Phi) is 4.41. The van der Waals surface area contributed by atoms with Gasteiger partial charge in [-0.2, -0.15) is 11.8 Å². The second-order valence-corrected chi connectivity index (χ2v) is 7.52. The highest BCUT2D eigenvalue weighted by Gasteiger charge is 2.30. The van der Waals surface area contributed by atoms with Gasteiger partial charge >= 0.3 is 0 Å². The van der Waals surface area contributed by atoms with E-state index in [-0.39, 0.29) is 16.6 Å². The largest absolute Gasteiger partial charge is 0.367 e. The molecule has 0 amide bonds. The van der Waals surface area contributed by atoms with E-state index >= 15 is 0 Å². The highest BCUT2D eigenvalue weighted by Crippen LogP contribution is 2.36. The summed E-state index contributed by atoms with van der Waals surface area (Å²) < 4.78 is 14.5. The van der Waals surface area contributed by atoms with Gasteiger partial charge in [0, 0.05) is 29.6 Å². The number of nitrogens with zero attached hydrogens (tertiary/aromatic N) is 1. The van der Waals surface area contributed by atoms with Gasteiger partial charge in [-0.1, -0.05) is 12.1 Å². The molecule has 19 heavy (non-hydrogen) atoms. The second-order valence-electron chi connectivity index (χ2n) is 5.72. The van der Waals surface area contributed by atoms with E-state index < -0.39 is 0 Å². The molecule has 0 radical (unpaired) electrons. The van der Waals surface area contributed by atoms with Crippen LogP contribution in [0.15, 0.2) is 18.2 Å². The van der Waals surface area contributed by atoms with Crippen LogP contribution in [0.25, 0.3) is 0 Å². The van der Waals surface area contributed by atoms with Crippen molar-refractivity contribution < 1.29 is 4.39 Å². The molecule has 1 aromatic rings. The summed E-state index contributed by atoms with van der Waals surface area (Å²) in [5, 5.41) is 3.21. The van der Waals surface area contributed by atoms with Gasteiger partial charge in [0.25, 0.3) is 0 Å². The van der Waals surface area contributed by atoms with E-state index in [1.165, 1.54) is 0 Å². The molecule has 4 heteroatoms. The predicted molar refractivity (Wildman–Crippen MR) is 82.6 cm³/mol.